The average molecular weight is 291 g/mol. The van der Waals surface area contributed by atoms with Gasteiger partial charge in [-0.05, 0) is 18.6 Å². The molecule has 0 aliphatic heterocycles. The molecule has 1 aromatic carbocycles. The summed E-state index contributed by atoms with van der Waals surface area (Å²) in [6.45, 7) is 0.816. The Kier molecular flexibility index (Phi) is 5.02. The first kappa shape index (κ1) is 15.1. The van der Waals surface area contributed by atoms with Crippen LogP contribution in [0.2, 0.25) is 0 Å². The number of rotatable bonds is 7. The maximum Gasteiger partial charge on any atom is 0.277 e. The summed E-state index contributed by atoms with van der Waals surface area (Å²) in [6.07, 6.45) is 3.11. The number of nitro groups is 1. The van der Waals surface area contributed by atoms with E-state index in [4.69, 9.17) is 4.74 Å². The van der Waals surface area contributed by atoms with Crippen LogP contribution >= 0.6 is 0 Å². The number of aliphatic hydroxyl groups excluding tert-OH is 1. The molecule has 2 rings (SSSR count). The number of aromatic nitrogens is 1. The molecule has 1 aromatic heterocycles. The highest BCUT2D eigenvalue weighted by Gasteiger charge is 2.14. The quantitative estimate of drug-likeness (QED) is 0.597. The Morgan fingerprint density at radius 1 is 1.43 bits per heavy atom. The Labute approximate surface area is 121 Å². The summed E-state index contributed by atoms with van der Waals surface area (Å²) >= 11 is 0. The van der Waals surface area contributed by atoms with E-state index in [1.165, 1.54) is 19.4 Å². The molecular weight excluding hydrogens is 274 g/mol. The van der Waals surface area contributed by atoms with Crippen molar-refractivity contribution < 1.29 is 14.8 Å². The van der Waals surface area contributed by atoms with Gasteiger partial charge in [-0.15, -0.1) is 0 Å². The lowest BCUT2D eigenvalue weighted by Gasteiger charge is -2.12. The van der Waals surface area contributed by atoms with Crippen LogP contribution in [-0.4, -0.2) is 41.4 Å². The summed E-state index contributed by atoms with van der Waals surface area (Å²) in [6, 6.07) is 4.75. The fourth-order valence-electron chi connectivity index (χ4n) is 2.14. The third-order valence-corrected chi connectivity index (χ3v) is 3.14. The molecule has 1 atom stereocenters. The highest BCUT2D eigenvalue weighted by atomic mass is 16.6. The Bertz CT molecular complexity index is 633. The lowest BCUT2D eigenvalue weighted by molar-refractivity contribution is -0.383. The van der Waals surface area contributed by atoms with Crippen LogP contribution in [0.5, 0.6) is 0 Å². The van der Waals surface area contributed by atoms with Crippen LogP contribution in [0.3, 0.4) is 0 Å². The van der Waals surface area contributed by atoms with Gasteiger partial charge in [-0.3, -0.25) is 15.1 Å². The molecule has 0 saturated heterocycles. The molecule has 0 spiro atoms. The fourth-order valence-corrected chi connectivity index (χ4v) is 2.14. The van der Waals surface area contributed by atoms with Crippen LogP contribution in [-0.2, 0) is 4.74 Å². The molecule has 2 N–H and O–H groups in total. The van der Waals surface area contributed by atoms with E-state index in [9.17, 15) is 15.2 Å². The van der Waals surface area contributed by atoms with E-state index in [1.54, 1.807) is 18.3 Å². The molecule has 0 fully saturated rings. The van der Waals surface area contributed by atoms with E-state index in [2.05, 4.69) is 10.3 Å². The summed E-state index contributed by atoms with van der Waals surface area (Å²) in [5, 5.41) is 25.0. The third-order valence-electron chi connectivity index (χ3n) is 3.14. The summed E-state index contributed by atoms with van der Waals surface area (Å²) in [4.78, 5) is 14.6. The number of methoxy groups -OCH3 is 1. The van der Waals surface area contributed by atoms with Crippen molar-refractivity contribution in [2.24, 2.45) is 0 Å². The zero-order chi connectivity index (χ0) is 15.2. The molecule has 0 amide bonds. The summed E-state index contributed by atoms with van der Waals surface area (Å²) in [7, 11) is 1.53. The zero-order valence-corrected chi connectivity index (χ0v) is 11.7. The molecule has 7 heteroatoms. The number of nitrogens with one attached hydrogen (secondary N) is 1. The van der Waals surface area contributed by atoms with Crippen LogP contribution in [0.25, 0.3) is 10.8 Å². The van der Waals surface area contributed by atoms with Crippen LogP contribution in [0, 0.1) is 10.1 Å². The number of nitrogens with zero attached hydrogens (tertiary/aromatic N) is 2. The molecule has 0 aliphatic rings. The predicted octanol–water partition coefficient (Wildman–Crippen LogP) is 1.95. The minimum atomic E-state index is -0.537. The lowest BCUT2D eigenvalue weighted by Crippen LogP contribution is -2.18. The monoisotopic (exact) mass is 291 g/mol. The molecule has 7 nitrogen and oxygen atoms in total. The first-order valence-corrected chi connectivity index (χ1v) is 6.55. The highest BCUT2D eigenvalue weighted by Crippen LogP contribution is 2.30. The Morgan fingerprint density at radius 3 is 2.95 bits per heavy atom. The topological polar surface area (TPSA) is 97.5 Å². The largest absolute Gasteiger partial charge is 0.391 e. The van der Waals surface area contributed by atoms with Gasteiger partial charge in [-0.1, -0.05) is 0 Å². The van der Waals surface area contributed by atoms with Gasteiger partial charge in [-0.25, -0.2) is 0 Å². The molecule has 2 aromatic rings. The van der Waals surface area contributed by atoms with Crippen LogP contribution in [0.1, 0.15) is 6.42 Å². The smallest absolute Gasteiger partial charge is 0.277 e. The van der Waals surface area contributed by atoms with Gasteiger partial charge in [0.05, 0.1) is 23.0 Å². The van der Waals surface area contributed by atoms with Gasteiger partial charge in [0.15, 0.2) is 0 Å². The Balaban J connectivity index is 2.18. The second-order valence-electron chi connectivity index (χ2n) is 4.64. The van der Waals surface area contributed by atoms with E-state index in [0.29, 0.717) is 23.7 Å². The van der Waals surface area contributed by atoms with E-state index in [0.717, 1.165) is 5.69 Å². The molecule has 0 saturated carbocycles. The SMILES string of the molecule is COCC(O)CCNc1ccc([N+](=O)[O-])c2ccncc12. The number of anilines is 1. The van der Waals surface area contributed by atoms with Crippen molar-refractivity contribution in [3.8, 4) is 0 Å². The van der Waals surface area contributed by atoms with Gasteiger partial charge in [0.2, 0.25) is 0 Å². The van der Waals surface area contributed by atoms with Crippen molar-refractivity contribution >= 4 is 22.1 Å². The maximum atomic E-state index is 11.0. The van der Waals surface area contributed by atoms with Crippen molar-refractivity contribution in [3.05, 3.63) is 40.7 Å². The van der Waals surface area contributed by atoms with Crippen molar-refractivity contribution in [1.29, 1.82) is 0 Å². The number of pyridine rings is 1. The van der Waals surface area contributed by atoms with E-state index >= 15 is 0 Å². The van der Waals surface area contributed by atoms with E-state index in [-0.39, 0.29) is 12.3 Å². The van der Waals surface area contributed by atoms with Crippen LogP contribution in [0.15, 0.2) is 30.6 Å². The minimum Gasteiger partial charge on any atom is -0.391 e. The molecule has 112 valence electrons. The van der Waals surface area contributed by atoms with Gasteiger partial charge in [0.1, 0.15) is 0 Å². The standard InChI is InChI=1S/C14H17N3O4/c1-21-9-10(18)4-7-16-13-2-3-14(17(19)20)11-5-6-15-8-12(11)13/h2-3,5-6,8,10,16,18H,4,7,9H2,1H3. The third kappa shape index (κ3) is 3.65. The van der Waals surface area contributed by atoms with Crippen molar-refractivity contribution in [3.63, 3.8) is 0 Å². The van der Waals surface area contributed by atoms with Gasteiger partial charge in [-0.2, -0.15) is 0 Å². The molecule has 1 heterocycles. The molecule has 0 aliphatic carbocycles. The summed E-state index contributed by atoms with van der Waals surface area (Å²) in [5.74, 6) is 0. The number of hydrogen-bond donors (Lipinski definition) is 2. The van der Waals surface area contributed by atoms with Crippen LogP contribution < -0.4 is 5.32 Å². The van der Waals surface area contributed by atoms with Crippen molar-refractivity contribution in [2.75, 3.05) is 25.6 Å². The van der Waals surface area contributed by atoms with E-state index < -0.39 is 11.0 Å². The van der Waals surface area contributed by atoms with Gasteiger partial charge in [0, 0.05) is 43.2 Å². The predicted molar refractivity (Wildman–Crippen MR) is 79.4 cm³/mol. The number of non-ortho nitro benzene ring substituents is 1. The number of fused-ring (bicyclic) bond motifs is 1. The van der Waals surface area contributed by atoms with Crippen LogP contribution in [0.4, 0.5) is 11.4 Å². The highest BCUT2D eigenvalue weighted by molar-refractivity contribution is 5.99. The number of ether oxygens (including phenoxy) is 1. The van der Waals surface area contributed by atoms with E-state index in [1.807, 2.05) is 0 Å². The number of nitro benzene ring substituents is 1. The average Bonchev–Trinajstić information content (AvgIpc) is 2.47. The van der Waals surface area contributed by atoms with Crippen molar-refractivity contribution in [2.45, 2.75) is 12.5 Å². The summed E-state index contributed by atoms with van der Waals surface area (Å²) in [5.41, 5.74) is 0.811. The minimum absolute atomic E-state index is 0.0531. The number of aliphatic hydroxyl groups is 1. The normalized spacial score (nSPS) is 12.3. The second kappa shape index (κ2) is 6.96. The van der Waals surface area contributed by atoms with Gasteiger partial charge < -0.3 is 15.2 Å². The Morgan fingerprint density at radius 2 is 2.24 bits per heavy atom. The molecule has 0 radical (unpaired) electrons. The zero-order valence-electron chi connectivity index (χ0n) is 11.7. The first-order chi connectivity index (χ1) is 10.1. The molecule has 21 heavy (non-hydrogen) atoms. The number of benzene rings is 1. The number of hydrogen-bond acceptors (Lipinski definition) is 6. The van der Waals surface area contributed by atoms with Gasteiger partial charge >= 0.3 is 0 Å². The fraction of sp³-hybridized carbons (Fsp3) is 0.357. The van der Waals surface area contributed by atoms with Gasteiger partial charge in [0.25, 0.3) is 5.69 Å². The first-order valence-electron chi connectivity index (χ1n) is 6.55. The molecule has 0 bridgehead atoms. The lowest BCUT2D eigenvalue weighted by atomic mass is 10.1. The molecule has 1 unspecified atom stereocenters. The Hall–Kier alpha value is -2.25. The van der Waals surface area contributed by atoms with Crippen molar-refractivity contribution in [1.82, 2.24) is 4.98 Å². The maximum absolute atomic E-state index is 11.0. The molecular formula is C14H17N3O4. The second-order valence-corrected chi connectivity index (χ2v) is 4.64. The summed E-state index contributed by atoms with van der Waals surface area (Å²) < 4.78 is 4.86.